The van der Waals surface area contributed by atoms with Crippen LogP contribution in [0.2, 0.25) is 0 Å². The molecule has 2 fully saturated rings. The summed E-state index contributed by atoms with van der Waals surface area (Å²) in [6.45, 7) is 10.5. The van der Waals surface area contributed by atoms with E-state index in [1.807, 2.05) is 0 Å². The van der Waals surface area contributed by atoms with Crippen molar-refractivity contribution in [2.24, 2.45) is 16.7 Å². The molecule has 2 saturated carbocycles. The Hall–Kier alpha value is -0.870. The number of hydrogen-bond donors (Lipinski definition) is 1. The number of thiazole rings is 1. The third-order valence-electron chi connectivity index (χ3n) is 6.87. The third kappa shape index (κ3) is 1.72. The van der Waals surface area contributed by atoms with Crippen LogP contribution in [0.4, 0.5) is 0 Å². The lowest BCUT2D eigenvalue weighted by Gasteiger charge is -2.39. The normalized spacial score (nSPS) is 34.1. The number of aryl methyl sites for hydroxylation is 1. The van der Waals surface area contributed by atoms with Crippen molar-refractivity contribution < 1.29 is 0 Å². The predicted octanol–water partition coefficient (Wildman–Crippen LogP) is 4.01. The molecule has 114 valence electrons. The zero-order valence-corrected chi connectivity index (χ0v) is 14.3. The first-order valence-electron chi connectivity index (χ1n) is 8.08. The summed E-state index contributed by atoms with van der Waals surface area (Å²) in [5.41, 5.74) is 3.43. The van der Waals surface area contributed by atoms with E-state index in [0.717, 1.165) is 17.4 Å². The first-order valence-corrected chi connectivity index (χ1v) is 8.96. The van der Waals surface area contributed by atoms with E-state index in [9.17, 15) is 0 Å². The molecular formula is C17H25N3S. The molecule has 3 nitrogen and oxygen atoms in total. The van der Waals surface area contributed by atoms with E-state index in [4.69, 9.17) is 0 Å². The Morgan fingerprint density at radius 1 is 1.43 bits per heavy atom. The molecule has 4 rings (SSSR count). The highest BCUT2D eigenvalue weighted by Gasteiger charge is 2.60. The fourth-order valence-corrected chi connectivity index (χ4v) is 5.66. The average molecular weight is 303 g/mol. The SMILES string of the molecule is Cc1nc2sccn2c1CNC1CC2CCC1(C)C2(C)C. The minimum absolute atomic E-state index is 0.448. The van der Waals surface area contributed by atoms with Crippen molar-refractivity contribution in [2.75, 3.05) is 0 Å². The number of imidazole rings is 1. The Morgan fingerprint density at radius 2 is 2.24 bits per heavy atom. The van der Waals surface area contributed by atoms with Crippen LogP contribution in [0, 0.1) is 23.7 Å². The van der Waals surface area contributed by atoms with Gasteiger partial charge in [-0.25, -0.2) is 4.98 Å². The fraction of sp³-hybridized carbons (Fsp3) is 0.706. The molecule has 0 radical (unpaired) electrons. The number of fused-ring (bicyclic) bond motifs is 3. The van der Waals surface area contributed by atoms with Gasteiger partial charge >= 0.3 is 0 Å². The van der Waals surface area contributed by atoms with Crippen molar-refractivity contribution >= 4 is 16.3 Å². The monoisotopic (exact) mass is 303 g/mol. The Bertz CT molecular complexity index is 683. The van der Waals surface area contributed by atoms with Crippen LogP contribution in [0.1, 0.15) is 51.4 Å². The van der Waals surface area contributed by atoms with Gasteiger partial charge in [0.2, 0.25) is 0 Å². The lowest BCUT2D eigenvalue weighted by molar-refractivity contribution is 0.120. The topological polar surface area (TPSA) is 29.3 Å². The molecule has 2 aromatic heterocycles. The zero-order chi connectivity index (χ0) is 14.8. The minimum Gasteiger partial charge on any atom is -0.308 e. The van der Waals surface area contributed by atoms with Gasteiger partial charge < -0.3 is 5.32 Å². The Morgan fingerprint density at radius 3 is 2.90 bits per heavy atom. The molecule has 3 atom stereocenters. The second-order valence-electron chi connectivity index (χ2n) is 7.74. The van der Waals surface area contributed by atoms with Crippen molar-refractivity contribution in [3.8, 4) is 0 Å². The van der Waals surface area contributed by atoms with Crippen LogP contribution in [-0.4, -0.2) is 15.4 Å². The molecule has 3 unspecified atom stereocenters. The maximum absolute atomic E-state index is 4.65. The summed E-state index contributed by atoms with van der Waals surface area (Å²) in [6, 6.07) is 0.648. The fourth-order valence-electron chi connectivity index (χ4n) is 4.89. The smallest absolute Gasteiger partial charge is 0.194 e. The van der Waals surface area contributed by atoms with Gasteiger partial charge in [0.1, 0.15) is 0 Å². The lowest BCUT2D eigenvalue weighted by atomic mass is 9.69. The zero-order valence-electron chi connectivity index (χ0n) is 13.4. The molecule has 1 N–H and O–H groups in total. The van der Waals surface area contributed by atoms with Crippen LogP contribution in [0.5, 0.6) is 0 Å². The molecule has 2 aromatic rings. The number of hydrogen-bond acceptors (Lipinski definition) is 3. The maximum atomic E-state index is 4.65. The summed E-state index contributed by atoms with van der Waals surface area (Å²) in [5, 5.41) is 6.00. The van der Waals surface area contributed by atoms with Crippen LogP contribution in [0.3, 0.4) is 0 Å². The highest BCUT2D eigenvalue weighted by molar-refractivity contribution is 7.15. The van der Waals surface area contributed by atoms with Crippen LogP contribution in [0.15, 0.2) is 11.6 Å². The summed E-state index contributed by atoms with van der Waals surface area (Å²) in [4.78, 5) is 5.77. The van der Waals surface area contributed by atoms with Gasteiger partial charge in [-0.3, -0.25) is 4.40 Å². The van der Waals surface area contributed by atoms with Gasteiger partial charge in [-0.2, -0.15) is 0 Å². The van der Waals surface area contributed by atoms with Gasteiger partial charge in [-0.1, -0.05) is 20.8 Å². The van der Waals surface area contributed by atoms with Crippen LogP contribution < -0.4 is 5.32 Å². The second kappa shape index (κ2) is 4.32. The highest BCUT2D eigenvalue weighted by atomic mass is 32.1. The van der Waals surface area contributed by atoms with E-state index >= 15 is 0 Å². The van der Waals surface area contributed by atoms with E-state index in [-0.39, 0.29) is 0 Å². The molecular weight excluding hydrogens is 278 g/mol. The number of aromatic nitrogens is 2. The second-order valence-corrected chi connectivity index (χ2v) is 8.62. The van der Waals surface area contributed by atoms with Gasteiger partial charge in [0, 0.05) is 24.2 Å². The average Bonchev–Trinajstić information content (AvgIpc) is 3.08. The predicted molar refractivity (Wildman–Crippen MR) is 87.7 cm³/mol. The van der Waals surface area contributed by atoms with Crippen molar-refractivity contribution in [1.29, 1.82) is 0 Å². The van der Waals surface area contributed by atoms with E-state index < -0.39 is 0 Å². The summed E-state index contributed by atoms with van der Waals surface area (Å²) in [6.07, 6.45) is 6.28. The van der Waals surface area contributed by atoms with Gasteiger partial charge in [0.15, 0.2) is 4.96 Å². The summed E-state index contributed by atoms with van der Waals surface area (Å²) in [7, 11) is 0. The number of nitrogens with one attached hydrogen (secondary N) is 1. The Balaban J connectivity index is 1.56. The molecule has 0 amide bonds. The first-order chi connectivity index (χ1) is 9.93. The van der Waals surface area contributed by atoms with Crippen molar-refractivity contribution in [2.45, 2.75) is 59.5 Å². The molecule has 4 heteroatoms. The molecule has 0 aliphatic heterocycles. The first kappa shape index (κ1) is 13.8. The van der Waals surface area contributed by atoms with E-state index in [0.29, 0.717) is 16.9 Å². The molecule has 2 heterocycles. The standard InChI is InChI=1S/C17H25N3S/c1-11-13(20-7-8-21-15(20)19-11)10-18-14-9-12-5-6-17(14,4)16(12,2)3/h7-8,12,14,18H,5-6,9-10H2,1-4H3. The van der Waals surface area contributed by atoms with Crippen LogP contribution >= 0.6 is 11.3 Å². The largest absolute Gasteiger partial charge is 0.308 e. The Labute approximate surface area is 130 Å². The van der Waals surface area contributed by atoms with Gasteiger partial charge in [0.05, 0.1) is 11.4 Å². The van der Waals surface area contributed by atoms with Crippen molar-refractivity contribution in [1.82, 2.24) is 14.7 Å². The number of nitrogens with zero attached hydrogens (tertiary/aromatic N) is 2. The van der Waals surface area contributed by atoms with Crippen LogP contribution in [-0.2, 0) is 6.54 Å². The molecule has 2 aliphatic carbocycles. The quantitative estimate of drug-likeness (QED) is 0.928. The van der Waals surface area contributed by atoms with E-state index in [2.05, 4.69) is 54.0 Å². The minimum atomic E-state index is 0.448. The van der Waals surface area contributed by atoms with E-state index in [1.54, 1.807) is 11.3 Å². The highest BCUT2D eigenvalue weighted by Crippen LogP contribution is 2.65. The Kier molecular flexibility index (Phi) is 2.84. The number of rotatable bonds is 3. The molecule has 0 aromatic carbocycles. The van der Waals surface area contributed by atoms with E-state index in [1.165, 1.54) is 30.7 Å². The van der Waals surface area contributed by atoms with Gasteiger partial charge in [-0.05, 0) is 42.9 Å². The van der Waals surface area contributed by atoms with Gasteiger partial charge in [-0.15, -0.1) is 11.3 Å². The molecule has 0 saturated heterocycles. The van der Waals surface area contributed by atoms with Crippen molar-refractivity contribution in [3.05, 3.63) is 23.0 Å². The van der Waals surface area contributed by atoms with Gasteiger partial charge in [0.25, 0.3) is 0 Å². The molecule has 2 aliphatic rings. The molecule has 21 heavy (non-hydrogen) atoms. The maximum Gasteiger partial charge on any atom is 0.194 e. The molecule has 2 bridgehead atoms. The summed E-state index contributed by atoms with van der Waals surface area (Å²) < 4.78 is 2.24. The third-order valence-corrected chi connectivity index (χ3v) is 7.63. The summed E-state index contributed by atoms with van der Waals surface area (Å²) in [5.74, 6) is 0.896. The van der Waals surface area contributed by atoms with Crippen molar-refractivity contribution in [3.63, 3.8) is 0 Å². The molecule has 0 spiro atoms. The summed E-state index contributed by atoms with van der Waals surface area (Å²) >= 11 is 1.72. The van der Waals surface area contributed by atoms with Crippen LogP contribution in [0.25, 0.3) is 4.96 Å². The lowest BCUT2D eigenvalue weighted by Crippen LogP contribution is -2.44.